The van der Waals surface area contributed by atoms with E-state index < -0.39 is 27.8 Å². The van der Waals surface area contributed by atoms with Crippen LogP contribution >= 0.6 is 0 Å². The molecule has 2 saturated heterocycles. The van der Waals surface area contributed by atoms with Crippen LogP contribution in [-0.4, -0.2) is 97.2 Å². The Morgan fingerprint density at radius 1 is 1.29 bits per heavy atom. The molecule has 13 heteroatoms. The van der Waals surface area contributed by atoms with Gasteiger partial charge >= 0.3 is 12.1 Å². The van der Waals surface area contributed by atoms with Crippen LogP contribution in [0.5, 0.6) is 0 Å². The van der Waals surface area contributed by atoms with E-state index in [0.717, 1.165) is 18.7 Å². The van der Waals surface area contributed by atoms with Crippen LogP contribution in [0.1, 0.15) is 12.5 Å². The van der Waals surface area contributed by atoms with E-state index in [1.807, 2.05) is 18.3 Å². The van der Waals surface area contributed by atoms with E-state index in [2.05, 4.69) is 9.88 Å². The van der Waals surface area contributed by atoms with E-state index in [-0.39, 0.29) is 5.75 Å². The summed E-state index contributed by atoms with van der Waals surface area (Å²) in [5.41, 5.74) is 0.530. The van der Waals surface area contributed by atoms with Crippen molar-refractivity contribution in [1.82, 2.24) is 14.2 Å². The van der Waals surface area contributed by atoms with Crippen LogP contribution in [0, 0.1) is 0 Å². The number of hydrogen-bond acceptors (Lipinski definition) is 7. The fourth-order valence-electron chi connectivity index (χ4n) is 3.28. The fraction of sp³-hybridized carbons (Fsp3) is 0.667. The minimum atomic E-state index is -5.08. The van der Waals surface area contributed by atoms with Gasteiger partial charge in [0.2, 0.25) is 10.0 Å². The molecule has 0 bridgehead atoms. The largest absolute Gasteiger partial charge is 0.490 e. The second kappa shape index (κ2) is 10.7. The molecule has 1 spiro atoms. The van der Waals surface area contributed by atoms with Gasteiger partial charge in [0.25, 0.3) is 0 Å². The van der Waals surface area contributed by atoms with Gasteiger partial charge in [0, 0.05) is 45.1 Å². The van der Waals surface area contributed by atoms with Crippen LogP contribution in [0.3, 0.4) is 0 Å². The fourth-order valence-corrected chi connectivity index (χ4v) is 4.43. The minimum absolute atomic E-state index is 0.114. The number of hydrogen-bond donors (Lipinski definition) is 1. The Bertz CT molecular complexity index is 825. The van der Waals surface area contributed by atoms with Gasteiger partial charge in [-0.15, -0.1) is 0 Å². The van der Waals surface area contributed by atoms with Crippen molar-refractivity contribution in [3.8, 4) is 0 Å². The number of nitrogens with zero attached hydrogens (tertiary/aromatic N) is 3. The highest BCUT2D eigenvalue weighted by atomic mass is 32.2. The summed E-state index contributed by atoms with van der Waals surface area (Å²) in [4.78, 5) is 15.3. The third-order valence-corrected chi connectivity index (χ3v) is 6.60. The summed E-state index contributed by atoms with van der Waals surface area (Å²) in [6, 6.07) is 3.97. The molecule has 31 heavy (non-hydrogen) atoms. The lowest BCUT2D eigenvalue weighted by molar-refractivity contribution is -0.192. The zero-order valence-corrected chi connectivity index (χ0v) is 17.9. The molecule has 1 unspecified atom stereocenters. The van der Waals surface area contributed by atoms with Gasteiger partial charge in [-0.05, 0) is 18.6 Å². The second-order valence-electron chi connectivity index (χ2n) is 7.19. The van der Waals surface area contributed by atoms with Crippen molar-refractivity contribution in [3.05, 3.63) is 30.1 Å². The molecule has 0 radical (unpaired) electrons. The molecule has 9 nitrogen and oxygen atoms in total. The molecule has 2 aliphatic heterocycles. The molecule has 0 amide bonds. The molecular formula is C18H26F3N3O6S. The lowest BCUT2D eigenvalue weighted by atomic mass is 10.0. The first kappa shape index (κ1) is 25.5. The quantitative estimate of drug-likeness (QED) is 0.695. The highest BCUT2D eigenvalue weighted by molar-refractivity contribution is 7.89. The van der Waals surface area contributed by atoms with Crippen LogP contribution in [0.25, 0.3) is 0 Å². The monoisotopic (exact) mass is 469 g/mol. The summed E-state index contributed by atoms with van der Waals surface area (Å²) in [6.45, 7) is 6.09. The highest BCUT2D eigenvalue weighted by Gasteiger charge is 2.43. The third-order valence-electron chi connectivity index (χ3n) is 4.77. The first-order valence-electron chi connectivity index (χ1n) is 9.58. The Hall–Kier alpha value is -1.80. The second-order valence-corrected chi connectivity index (χ2v) is 9.45. The summed E-state index contributed by atoms with van der Waals surface area (Å²) in [5.74, 6) is -2.64. The van der Waals surface area contributed by atoms with E-state index in [1.165, 1.54) is 0 Å². The van der Waals surface area contributed by atoms with Gasteiger partial charge in [0.1, 0.15) is 5.60 Å². The van der Waals surface area contributed by atoms with Crippen molar-refractivity contribution in [3.63, 3.8) is 0 Å². The van der Waals surface area contributed by atoms with Crippen LogP contribution < -0.4 is 0 Å². The molecular weight excluding hydrogens is 443 g/mol. The van der Waals surface area contributed by atoms with Gasteiger partial charge in [-0.2, -0.15) is 17.5 Å². The Kier molecular flexibility index (Phi) is 8.77. The van der Waals surface area contributed by atoms with E-state index in [0.29, 0.717) is 39.5 Å². The summed E-state index contributed by atoms with van der Waals surface area (Å²) < 4.78 is 69.6. The predicted octanol–water partition coefficient (Wildman–Crippen LogP) is 0.968. The van der Waals surface area contributed by atoms with Crippen molar-refractivity contribution in [2.24, 2.45) is 0 Å². The predicted molar refractivity (Wildman–Crippen MR) is 104 cm³/mol. The number of carboxylic acid groups (broad SMARTS) is 1. The lowest BCUT2D eigenvalue weighted by Gasteiger charge is -2.42. The van der Waals surface area contributed by atoms with E-state index in [9.17, 15) is 21.6 Å². The molecule has 1 N–H and O–H groups in total. The SMILES string of the molecule is CCS(=O)(=O)N1CCOC2(COCCN(Cc3cccnc3)C2)C1.O=C(O)C(F)(F)F. The maximum Gasteiger partial charge on any atom is 0.490 e. The van der Waals surface area contributed by atoms with E-state index in [1.54, 1.807) is 17.4 Å². The molecule has 3 heterocycles. The standard InChI is InChI=1S/C16H25N3O4S.C2HF3O2/c1-2-24(20,21)19-7-9-23-16(13-19)12-18(6-8-22-14-16)11-15-4-3-5-17-10-15;3-2(4,5)1(6)7/h3-5,10H,2,6-9,11-14H2,1H3;(H,6,7). The smallest absolute Gasteiger partial charge is 0.475 e. The lowest BCUT2D eigenvalue weighted by Crippen LogP contribution is -2.59. The van der Waals surface area contributed by atoms with Crippen molar-refractivity contribution < 1.29 is 41.0 Å². The number of rotatable bonds is 4. The molecule has 1 atom stereocenters. The third kappa shape index (κ3) is 7.68. The zero-order valence-electron chi connectivity index (χ0n) is 17.0. The molecule has 1 aromatic rings. The normalized spacial score (nSPS) is 23.6. The van der Waals surface area contributed by atoms with Crippen molar-refractivity contribution in [2.75, 3.05) is 51.8 Å². The first-order chi connectivity index (χ1) is 14.5. The Morgan fingerprint density at radius 3 is 2.58 bits per heavy atom. The Labute approximate surface area is 178 Å². The number of carboxylic acids is 1. The summed E-state index contributed by atoms with van der Waals surface area (Å²) in [6.07, 6.45) is -1.47. The molecule has 0 aliphatic carbocycles. The molecule has 2 fully saturated rings. The minimum Gasteiger partial charge on any atom is -0.475 e. The Balaban J connectivity index is 0.000000423. The van der Waals surface area contributed by atoms with Crippen molar-refractivity contribution in [2.45, 2.75) is 25.2 Å². The van der Waals surface area contributed by atoms with E-state index in [4.69, 9.17) is 19.4 Å². The molecule has 1 aromatic heterocycles. The van der Waals surface area contributed by atoms with Crippen LogP contribution in [0.2, 0.25) is 0 Å². The molecule has 2 aliphatic rings. The number of alkyl halides is 3. The van der Waals surface area contributed by atoms with Gasteiger partial charge in [-0.25, -0.2) is 13.2 Å². The van der Waals surface area contributed by atoms with Gasteiger partial charge < -0.3 is 14.6 Å². The number of aliphatic carboxylic acids is 1. The average molecular weight is 469 g/mol. The average Bonchev–Trinajstić information content (AvgIpc) is 2.90. The topological polar surface area (TPSA) is 109 Å². The van der Waals surface area contributed by atoms with Gasteiger partial charge in [-0.3, -0.25) is 9.88 Å². The van der Waals surface area contributed by atoms with Crippen molar-refractivity contribution >= 4 is 16.0 Å². The molecule has 3 rings (SSSR count). The zero-order chi connectivity index (χ0) is 23.1. The molecule has 0 aromatic carbocycles. The van der Waals surface area contributed by atoms with Crippen LogP contribution in [0.15, 0.2) is 24.5 Å². The van der Waals surface area contributed by atoms with Crippen LogP contribution in [0.4, 0.5) is 13.2 Å². The van der Waals surface area contributed by atoms with Gasteiger partial charge in [-0.1, -0.05) is 6.07 Å². The maximum atomic E-state index is 12.2. The number of ether oxygens (including phenoxy) is 2. The molecule has 0 saturated carbocycles. The van der Waals surface area contributed by atoms with Crippen LogP contribution in [-0.2, 0) is 30.8 Å². The molecule has 176 valence electrons. The summed E-state index contributed by atoms with van der Waals surface area (Å²) in [7, 11) is -3.22. The van der Waals surface area contributed by atoms with Gasteiger partial charge in [0.05, 0.1) is 25.6 Å². The maximum absolute atomic E-state index is 12.2. The number of aromatic nitrogens is 1. The number of halogens is 3. The van der Waals surface area contributed by atoms with E-state index >= 15 is 0 Å². The van der Waals surface area contributed by atoms with Crippen molar-refractivity contribution in [1.29, 1.82) is 0 Å². The first-order valence-corrected chi connectivity index (χ1v) is 11.2. The number of pyridine rings is 1. The number of carbonyl (C=O) groups is 1. The number of morpholine rings is 1. The van der Waals surface area contributed by atoms with Gasteiger partial charge in [0.15, 0.2) is 0 Å². The summed E-state index contributed by atoms with van der Waals surface area (Å²) >= 11 is 0. The highest BCUT2D eigenvalue weighted by Crippen LogP contribution is 2.25. The number of sulfonamides is 1. The Morgan fingerprint density at radius 2 is 2.00 bits per heavy atom. The summed E-state index contributed by atoms with van der Waals surface area (Å²) in [5, 5.41) is 7.12.